The highest BCUT2D eigenvalue weighted by Crippen LogP contribution is 2.21. The number of para-hydroxylation sites is 1. The number of phenols is 1. The molecule has 0 saturated carbocycles. The van der Waals surface area contributed by atoms with Gasteiger partial charge in [-0.05, 0) is 64.0 Å². The Morgan fingerprint density at radius 2 is 1.84 bits per heavy atom. The van der Waals surface area contributed by atoms with Crippen LogP contribution in [0.15, 0.2) is 29.3 Å². The molecule has 1 aromatic rings. The third kappa shape index (κ3) is 12.6. The molecule has 17 nitrogen and oxygen atoms in total. The molecule has 2 heterocycles. The van der Waals surface area contributed by atoms with E-state index in [0.717, 1.165) is 0 Å². The molecule has 2 aliphatic rings. The van der Waals surface area contributed by atoms with E-state index in [0.29, 0.717) is 54.2 Å². The van der Waals surface area contributed by atoms with Crippen LogP contribution in [0.3, 0.4) is 0 Å². The van der Waals surface area contributed by atoms with Crippen LogP contribution in [-0.2, 0) is 43.0 Å². The lowest BCUT2D eigenvalue weighted by atomic mass is 10.1. The summed E-state index contributed by atoms with van der Waals surface area (Å²) in [4.78, 5) is 79.3. The number of unbranched alkanes of at least 4 members (excludes halogenated alkanes) is 2. The topological polar surface area (TPSA) is 234 Å². The predicted octanol–water partition coefficient (Wildman–Crippen LogP) is 1.35. The second-order valence-corrected chi connectivity index (χ2v) is 12.2. The number of aromatic hydroxyl groups is 1. The maximum absolute atomic E-state index is 13.3. The number of aliphatic imine (C=N–C) groups is 1. The molecule has 0 bridgehead atoms. The third-order valence-electron chi connectivity index (χ3n) is 8.13. The van der Waals surface area contributed by atoms with Crippen molar-refractivity contribution in [3.05, 3.63) is 29.8 Å². The van der Waals surface area contributed by atoms with Crippen LogP contribution in [0.25, 0.3) is 0 Å². The molecule has 1 fully saturated rings. The zero-order valence-electron chi connectivity index (χ0n) is 28.4. The number of nitrogens with zero attached hydrogens (tertiary/aromatic N) is 3. The average molecular weight is 706 g/mol. The molecule has 0 aromatic heterocycles. The van der Waals surface area contributed by atoms with Crippen LogP contribution in [0, 0.1) is 0 Å². The van der Waals surface area contributed by atoms with Gasteiger partial charge < -0.3 is 30.0 Å². The molecule has 2 aliphatic heterocycles. The molecule has 17 heteroatoms. The van der Waals surface area contributed by atoms with Crippen molar-refractivity contribution in [1.82, 2.24) is 20.8 Å². The Bertz CT molecular complexity index is 1390. The molecule has 0 radical (unpaired) electrons. The second kappa shape index (κ2) is 20.0. The Kier molecular flexibility index (Phi) is 15.9. The predicted molar refractivity (Wildman–Crippen MR) is 174 cm³/mol. The Balaban J connectivity index is 1.58. The summed E-state index contributed by atoms with van der Waals surface area (Å²) in [5, 5.41) is 36.5. The highest BCUT2D eigenvalue weighted by molar-refractivity contribution is 6.00. The van der Waals surface area contributed by atoms with E-state index in [1.807, 2.05) is 0 Å². The van der Waals surface area contributed by atoms with E-state index in [2.05, 4.69) is 20.4 Å². The van der Waals surface area contributed by atoms with Crippen LogP contribution < -0.4 is 10.6 Å². The summed E-state index contributed by atoms with van der Waals surface area (Å²) in [6.45, 7) is 1.33. The number of hydroxylamine groups is 4. The lowest BCUT2D eigenvalue weighted by Crippen LogP contribution is -2.48. The van der Waals surface area contributed by atoms with Gasteiger partial charge in [0, 0.05) is 25.9 Å². The summed E-state index contributed by atoms with van der Waals surface area (Å²) in [6.07, 6.45) is 2.16. The van der Waals surface area contributed by atoms with E-state index in [1.54, 1.807) is 18.2 Å². The summed E-state index contributed by atoms with van der Waals surface area (Å²) >= 11 is 0. The Morgan fingerprint density at radius 3 is 2.58 bits per heavy atom. The van der Waals surface area contributed by atoms with E-state index >= 15 is 0 Å². The van der Waals surface area contributed by atoms with Gasteiger partial charge in [0.25, 0.3) is 5.91 Å². The number of hydrogen-bond donors (Lipinski definition) is 5. The second-order valence-electron chi connectivity index (χ2n) is 12.2. The van der Waals surface area contributed by atoms with Gasteiger partial charge >= 0.3 is 11.9 Å². The maximum Gasteiger partial charge on any atom is 0.328 e. The summed E-state index contributed by atoms with van der Waals surface area (Å²) in [5.74, 6) is -3.67. The molecule has 5 N–H and O–H groups in total. The normalized spacial score (nSPS) is 18.5. The number of esters is 2. The molecule has 50 heavy (non-hydrogen) atoms. The molecule has 3 rings (SSSR count). The maximum atomic E-state index is 13.3. The van der Waals surface area contributed by atoms with Crippen molar-refractivity contribution in [2.45, 2.75) is 102 Å². The van der Waals surface area contributed by atoms with Crippen LogP contribution in [0.5, 0.6) is 5.75 Å². The van der Waals surface area contributed by atoms with Gasteiger partial charge in [-0.1, -0.05) is 18.6 Å². The van der Waals surface area contributed by atoms with Crippen LogP contribution in [0.2, 0.25) is 0 Å². The number of phenolic OH excluding ortho intramolecular Hbond substituents is 1. The molecule has 0 spiro atoms. The van der Waals surface area contributed by atoms with Crippen molar-refractivity contribution in [3.8, 4) is 5.75 Å². The molecular weight excluding hydrogens is 658 g/mol. The van der Waals surface area contributed by atoms with Gasteiger partial charge in [-0.15, -0.1) is 0 Å². The van der Waals surface area contributed by atoms with Gasteiger partial charge in [-0.25, -0.2) is 19.9 Å². The third-order valence-corrected chi connectivity index (χ3v) is 8.13. The average Bonchev–Trinajstić information content (AvgIpc) is 3.52. The van der Waals surface area contributed by atoms with Crippen LogP contribution in [0.1, 0.15) is 83.1 Å². The minimum absolute atomic E-state index is 0.0429. The van der Waals surface area contributed by atoms with Crippen molar-refractivity contribution >= 4 is 41.5 Å². The van der Waals surface area contributed by atoms with Crippen LogP contribution in [-0.4, -0.2) is 118 Å². The minimum atomic E-state index is -1.26. The van der Waals surface area contributed by atoms with Crippen LogP contribution >= 0.6 is 0 Å². The fourth-order valence-electron chi connectivity index (χ4n) is 5.34. The monoisotopic (exact) mass is 705 g/mol. The number of benzene rings is 1. The summed E-state index contributed by atoms with van der Waals surface area (Å²) < 4.78 is 15.6. The highest BCUT2D eigenvalue weighted by atomic mass is 16.5. The summed E-state index contributed by atoms with van der Waals surface area (Å²) in [7, 11) is 1.30. The summed E-state index contributed by atoms with van der Waals surface area (Å²) in [5.41, 5.74) is 0.291. The first kappa shape index (κ1) is 39.7. The molecule has 1 saturated heterocycles. The number of methoxy groups -OCH3 is 1. The summed E-state index contributed by atoms with van der Waals surface area (Å²) in [6, 6.07) is 3.07. The van der Waals surface area contributed by atoms with Crippen LogP contribution in [0.4, 0.5) is 0 Å². The lowest BCUT2D eigenvalue weighted by molar-refractivity contribution is -0.167. The molecule has 1 unspecified atom stereocenters. The van der Waals surface area contributed by atoms with Gasteiger partial charge in [0.1, 0.15) is 30.5 Å². The number of nitrogens with one attached hydrogen (secondary N) is 2. The van der Waals surface area contributed by atoms with E-state index < -0.39 is 53.8 Å². The van der Waals surface area contributed by atoms with Gasteiger partial charge in [0.2, 0.25) is 23.6 Å². The molecule has 4 atom stereocenters. The first-order chi connectivity index (χ1) is 23.9. The first-order valence-electron chi connectivity index (χ1n) is 16.7. The van der Waals surface area contributed by atoms with Crippen molar-refractivity contribution in [2.75, 3.05) is 26.8 Å². The van der Waals surface area contributed by atoms with E-state index in [9.17, 15) is 44.3 Å². The standard InChI is InChI=1S/C33H47N5O12/c1-21(19-27(40)34-23-12-8-9-17-38(47)32(23)44)50-33(45)24(13-10-18-37(46)28(41)15-4-3-5-16-29(42)48-2)35-30(43)25-20-49-31(36-25)22-11-6-7-14-26(22)39/h6-7,11,14,21,23-25,39,46-47H,3-5,8-10,12-13,15-20H2,1-2H3,(H,34,40)(H,35,43)/t21-,23?,24-,25-/m0/s1. The Morgan fingerprint density at radius 1 is 1.10 bits per heavy atom. The van der Waals surface area contributed by atoms with E-state index in [1.165, 1.54) is 20.1 Å². The number of amides is 4. The number of hydrogen-bond acceptors (Lipinski definition) is 13. The number of carbonyl (C=O) groups excluding carboxylic acids is 6. The molecular formula is C33H47N5O12. The Labute approximate surface area is 289 Å². The fraction of sp³-hybridized carbons (Fsp3) is 0.606. The van der Waals surface area contributed by atoms with Crippen molar-refractivity contribution in [3.63, 3.8) is 0 Å². The zero-order valence-corrected chi connectivity index (χ0v) is 28.4. The minimum Gasteiger partial charge on any atom is -0.507 e. The first-order valence-corrected chi connectivity index (χ1v) is 16.7. The lowest BCUT2D eigenvalue weighted by Gasteiger charge is -2.23. The van der Waals surface area contributed by atoms with Crippen molar-refractivity contribution < 1.29 is 58.5 Å². The van der Waals surface area contributed by atoms with E-state index in [-0.39, 0.29) is 69.4 Å². The highest BCUT2D eigenvalue weighted by Gasteiger charge is 2.33. The molecule has 1 aromatic carbocycles. The van der Waals surface area contributed by atoms with Gasteiger partial charge in [-0.2, -0.15) is 0 Å². The smallest absolute Gasteiger partial charge is 0.328 e. The molecule has 0 aliphatic carbocycles. The van der Waals surface area contributed by atoms with Gasteiger partial charge in [0.15, 0.2) is 6.04 Å². The van der Waals surface area contributed by atoms with Crippen molar-refractivity contribution in [1.29, 1.82) is 0 Å². The quantitative estimate of drug-likeness (QED) is 0.0630. The van der Waals surface area contributed by atoms with Gasteiger partial charge in [0.05, 0.1) is 19.1 Å². The SMILES string of the molecule is COC(=O)CCCCCC(=O)N(O)CCC[C@H](NC(=O)[C@@H]1COC(c2ccccc2O)=N1)C(=O)O[C@@H](C)CC(=O)NC1CCCCN(O)C1=O. The molecule has 276 valence electrons. The zero-order chi connectivity index (χ0) is 36.6. The molecule has 4 amide bonds. The fourth-order valence-corrected chi connectivity index (χ4v) is 5.34. The Hall–Kier alpha value is -4.77. The van der Waals surface area contributed by atoms with Crippen molar-refractivity contribution in [2.24, 2.45) is 4.99 Å². The largest absolute Gasteiger partial charge is 0.507 e. The number of ether oxygens (including phenoxy) is 3. The van der Waals surface area contributed by atoms with Gasteiger partial charge in [-0.3, -0.25) is 34.4 Å². The number of rotatable bonds is 18. The number of carbonyl (C=O) groups is 6. The van der Waals surface area contributed by atoms with E-state index in [4.69, 9.17) is 9.47 Å².